The standard InChI is InChI=1S/C18H20N2O2S/c1-2-3-12-19-18(22)14-6-8-15(9-7-14)20-17(21)11-10-16-5-4-13-23-16/h4-11,13H,2-3,12H2,1H3,(H,19,22)(H,20,21)/b11-10+. The van der Waals surface area contributed by atoms with Crippen molar-refractivity contribution in [1.29, 1.82) is 0 Å². The number of hydrogen-bond donors (Lipinski definition) is 2. The van der Waals surface area contributed by atoms with Crippen molar-refractivity contribution in [1.82, 2.24) is 5.32 Å². The summed E-state index contributed by atoms with van der Waals surface area (Å²) in [4.78, 5) is 24.7. The van der Waals surface area contributed by atoms with Crippen LogP contribution in [-0.2, 0) is 4.79 Å². The first-order valence-corrected chi connectivity index (χ1v) is 8.48. The van der Waals surface area contributed by atoms with Gasteiger partial charge in [0.1, 0.15) is 0 Å². The van der Waals surface area contributed by atoms with Crippen LogP contribution < -0.4 is 10.6 Å². The largest absolute Gasteiger partial charge is 0.352 e. The Labute approximate surface area is 140 Å². The van der Waals surface area contributed by atoms with Crippen LogP contribution in [0, 0.1) is 0 Å². The van der Waals surface area contributed by atoms with Crippen molar-refractivity contribution in [2.45, 2.75) is 19.8 Å². The Bertz CT molecular complexity index is 661. The Balaban J connectivity index is 1.87. The first kappa shape index (κ1) is 17.0. The van der Waals surface area contributed by atoms with E-state index in [0.717, 1.165) is 17.7 Å². The Morgan fingerprint density at radius 2 is 1.96 bits per heavy atom. The van der Waals surface area contributed by atoms with E-state index in [0.29, 0.717) is 17.8 Å². The number of anilines is 1. The lowest BCUT2D eigenvalue weighted by molar-refractivity contribution is -0.111. The lowest BCUT2D eigenvalue weighted by Gasteiger charge is -2.06. The summed E-state index contributed by atoms with van der Waals surface area (Å²) in [5.41, 5.74) is 1.25. The highest BCUT2D eigenvalue weighted by atomic mass is 32.1. The summed E-state index contributed by atoms with van der Waals surface area (Å²) in [7, 11) is 0. The van der Waals surface area contributed by atoms with Gasteiger partial charge in [0.25, 0.3) is 5.91 Å². The molecule has 0 bridgehead atoms. The molecule has 0 radical (unpaired) electrons. The number of nitrogens with one attached hydrogen (secondary N) is 2. The zero-order valence-electron chi connectivity index (χ0n) is 13.0. The number of benzene rings is 1. The smallest absolute Gasteiger partial charge is 0.251 e. The molecule has 0 saturated carbocycles. The van der Waals surface area contributed by atoms with Gasteiger partial charge in [0.05, 0.1) is 0 Å². The Hall–Kier alpha value is -2.40. The molecule has 1 aromatic heterocycles. The maximum Gasteiger partial charge on any atom is 0.251 e. The molecule has 0 fully saturated rings. The van der Waals surface area contributed by atoms with Crippen molar-refractivity contribution in [2.24, 2.45) is 0 Å². The number of unbranched alkanes of at least 4 members (excludes halogenated alkanes) is 1. The fraction of sp³-hybridized carbons (Fsp3) is 0.222. The Kier molecular flexibility index (Phi) is 6.56. The molecule has 4 nitrogen and oxygen atoms in total. The maximum atomic E-state index is 11.9. The zero-order chi connectivity index (χ0) is 16.5. The molecule has 1 heterocycles. The second-order valence-electron chi connectivity index (χ2n) is 5.02. The van der Waals surface area contributed by atoms with Gasteiger partial charge in [-0.05, 0) is 48.2 Å². The van der Waals surface area contributed by atoms with Crippen LogP contribution in [0.3, 0.4) is 0 Å². The Morgan fingerprint density at radius 1 is 1.17 bits per heavy atom. The summed E-state index contributed by atoms with van der Waals surface area (Å²) in [5.74, 6) is -0.285. The van der Waals surface area contributed by atoms with Gasteiger partial charge in [-0.25, -0.2) is 0 Å². The van der Waals surface area contributed by atoms with E-state index in [1.54, 1.807) is 41.7 Å². The minimum atomic E-state index is -0.196. The third-order valence-electron chi connectivity index (χ3n) is 3.17. The van der Waals surface area contributed by atoms with Crippen LogP contribution in [0.1, 0.15) is 35.0 Å². The zero-order valence-corrected chi connectivity index (χ0v) is 13.9. The van der Waals surface area contributed by atoms with Crippen molar-refractivity contribution in [3.63, 3.8) is 0 Å². The van der Waals surface area contributed by atoms with Crippen LogP contribution in [0.5, 0.6) is 0 Å². The highest BCUT2D eigenvalue weighted by molar-refractivity contribution is 7.10. The third-order valence-corrected chi connectivity index (χ3v) is 4.01. The van der Waals surface area contributed by atoms with Gasteiger partial charge in [0.15, 0.2) is 0 Å². The summed E-state index contributed by atoms with van der Waals surface area (Å²) >= 11 is 1.57. The van der Waals surface area contributed by atoms with E-state index in [-0.39, 0.29) is 11.8 Å². The van der Waals surface area contributed by atoms with Gasteiger partial charge in [0, 0.05) is 28.7 Å². The normalized spacial score (nSPS) is 10.7. The van der Waals surface area contributed by atoms with Gasteiger partial charge < -0.3 is 10.6 Å². The van der Waals surface area contributed by atoms with E-state index in [1.807, 2.05) is 17.5 Å². The minimum Gasteiger partial charge on any atom is -0.352 e. The molecular weight excluding hydrogens is 308 g/mol. The van der Waals surface area contributed by atoms with Crippen LogP contribution in [0.2, 0.25) is 0 Å². The van der Waals surface area contributed by atoms with Crippen molar-refractivity contribution < 1.29 is 9.59 Å². The molecule has 1 aromatic carbocycles. The summed E-state index contributed by atoms with van der Waals surface area (Å²) in [5, 5.41) is 7.59. The van der Waals surface area contributed by atoms with Crippen molar-refractivity contribution in [2.75, 3.05) is 11.9 Å². The van der Waals surface area contributed by atoms with Gasteiger partial charge in [0.2, 0.25) is 5.91 Å². The minimum absolute atomic E-state index is 0.0890. The number of amides is 2. The third kappa shape index (κ3) is 5.71. The number of rotatable bonds is 7. The molecule has 0 aliphatic rings. The predicted molar refractivity (Wildman–Crippen MR) is 95.7 cm³/mol. The van der Waals surface area contributed by atoms with Gasteiger partial charge in [-0.2, -0.15) is 0 Å². The molecule has 5 heteroatoms. The van der Waals surface area contributed by atoms with E-state index < -0.39 is 0 Å². The lowest BCUT2D eigenvalue weighted by atomic mass is 10.2. The molecular formula is C18H20N2O2S. The second kappa shape index (κ2) is 8.90. The summed E-state index contributed by atoms with van der Waals surface area (Å²) in [6, 6.07) is 10.8. The summed E-state index contributed by atoms with van der Waals surface area (Å²) < 4.78 is 0. The topological polar surface area (TPSA) is 58.2 Å². The predicted octanol–water partition coefficient (Wildman–Crippen LogP) is 3.93. The van der Waals surface area contributed by atoms with Crippen LogP contribution >= 0.6 is 11.3 Å². The van der Waals surface area contributed by atoms with Gasteiger partial charge >= 0.3 is 0 Å². The van der Waals surface area contributed by atoms with E-state index in [9.17, 15) is 9.59 Å². The number of carbonyl (C=O) groups is 2. The summed E-state index contributed by atoms with van der Waals surface area (Å²) in [6.07, 6.45) is 5.29. The van der Waals surface area contributed by atoms with Crippen LogP contribution in [0.25, 0.3) is 6.08 Å². The molecule has 0 atom stereocenters. The van der Waals surface area contributed by atoms with Crippen LogP contribution in [-0.4, -0.2) is 18.4 Å². The van der Waals surface area contributed by atoms with E-state index >= 15 is 0 Å². The molecule has 2 aromatic rings. The molecule has 23 heavy (non-hydrogen) atoms. The van der Waals surface area contributed by atoms with Gasteiger partial charge in [-0.15, -0.1) is 11.3 Å². The number of thiophene rings is 1. The average Bonchev–Trinajstić information content (AvgIpc) is 3.07. The molecule has 0 unspecified atom stereocenters. The molecule has 2 rings (SSSR count). The molecule has 0 saturated heterocycles. The first-order chi connectivity index (χ1) is 11.2. The number of hydrogen-bond acceptors (Lipinski definition) is 3. The average molecular weight is 328 g/mol. The monoisotopic (exact) mass is 328 g/mol. The van der Waals surface area contributed by atoms with Crippen LogP contribution in [0.4, 0.5) is 5.69 Å². The molecule has 2 N–H and O–H groups in total. The molecule has 0 spiro atoms. The van der Waals surface area contributed by atoms with Crippen molar-refractivity contribution in [3.8, 4) is 0 Å². The molecule has 120 valence electrons. The molecule has 0 aliphatic carbocycles. The maximum absolute atomic E-state index is 11.9. The first-order valence-electron chi connectivity index (χ1n) is 7.60. The number of carbonyl (C=O) groups excluding carboxylic acids is 2. The van der Waals surface area contributed by atoms with Gasteiger partial charge in [-0.1, -0.05) is 19.4 Å². The fourth-order valence-corrected chi connectivity index (χ4v) is 2.53. The fourth-order valence-electron chi connectivity index (χ4n) is 1.91. The highest BCUT2D eigenvalue weighted by Crippen LogP contribution is 2.12. The van der Waals surface area contributed by atoms with Crippen molar-refractivity contribution in [3.05, 3.63) is 58.3 Å². The summed E-state index contributed by atoms with van der Waals surface area (Å²) in [6.45, 7) is 2.76. The van der Waals surface area contributed by atoms with E-state index in [4.69, 9.17) is 0 Å². The van der Waals surface area contributed by atoms with Gasteiger partial charge in [-0.3, -0.25) is 9.59 Å². The van der Waals surface area contributed by atoms with Crippen LogP contribution in [0.15, 0.2) is 47.9 Å². The van der Waals surface area contributed by atoms with E-state index in [1.165, 1.54) is 6.08 Å². The van der Waals surface area contributed by atoms with Crippen molar-refractivity contribution >= 4 is 34.9 Å². The highest BCUT2D eigenvalue weighted by Gasteiger charge is 2.05. The second-order valence-corrected chi connectivity index (χ2v) is 6.00. The van der Waals surface area contributed by atoms with E-state index in [2.05, 4.69) is 17.6 Å². The SMILES string of the molecule is CCCCNC(=O)c1ccc(NC(=O)/C=C/c2cccs2)cc1. The molecule has 2 amide bonds. The quantitative estimate of drug-likeness (QED) is 0.597. The Morgan fingerprint density at radius 3 is 2.61 bits per heavy atom. The molecule has 0 aliphatic heterocycles. The lowest BCUT2D eigenvalue weighted by Crippen LogP contribution is -2.24.